The summed E-state index contributed by atoms with van der Waals surface area (Å²) >= 11 is 18.5. The topological polar surface area (TPSA) is 75.3 Å². The van der Waals surface area contributed by atoms with Crippen molar-refractivity contribution in [3.63, 3.8) is 0 Å². The van der Waals surface area contributed by atoms with E-state index in [1.807, 2.05) is 0 Å². The summed E-state index contributed by atoms with van der Waals surface area (Å²) in [4.78, 5) is 37.9. The fraction of sp³-hybridized carbons (Fsp3) is 0.276. The maximum absolute atomic E-state index is 15.0. The zero-order chi connectivity index (χ0) is 34.4. The van der Waals surface area contributed by atoms with Crippen molar-refractivity contribution in [1.29, 1.82) is 0 Å². The van der Waals surface area contributed by atoms with Crippen molar-refractivity contribution in [3.05, 3.63) is 93.3 Å². The lowest BCUT2D eigenvalue weighted by Crippen LogP contribution is -2.19. The SMILES string of the molecule is O=C(CCC(F)(F)F)Nc1c(F)ccc(CC(=O)c2cc(NC(=O)[C@H]3[C@H](c4ccc(F)c(C(F)(F)F)c4)C3(Cl)Cl)ccc2Cl)c1F. The first-order valence-corrected chi connectivity index (χ1v) is 14.1. The number of carbonyl (C=O) groups is 3. The highest BCUT2D eigenvalue weighted by Gasteiger charge is 2.67. The fourth-order valence-electron chi connectivity index (χ4n) is 4.63. The number of carbonyl (C=O) groups excluding carboxylic acids is 3. The van der Waals surface area contributed by atoms with E-state index in [0.29, 0.717) is 18.2 Å². The van der Waals surface area contributed by atoms with E-state index in [-0.39, 0.29) is 21.8 Å². The molecule has 0 spiro atoms. The highest BCUT2D eigenvalue weighted by atomic mass is 35.5. The van der Waals surface area contributed by atoms with Gasteiger partial charge < -0.3 is 10.6 Å². The molecule has 0 aliphatic heterocycles. The molecular weight excluding hydrogens is 702 g/mol. The Morgan fingerprint density at radius 2 is 1.50 bits per heavy atom. The third-order valence-corrected chi connectivity index (χ3v) is 8.22. The van der Waals surface area contributed by atoms with Crippen LogP contribution in [-0.4, -0.2) is 28.1 Å². The number of halogens is 12. The molecule has 0 unspecified atom stereocenters. The lowest BCUT2D eigenvalue weighted by molar-refractivity contribution is -0.142. The Balaban J connectivity index is 1.49. The van der Waals surface area contributed by atoms with Gasteiger partial charge in [0.15, 0.2) is 11.6 Å². The van der Waals surface area contributed by atoms with Crippen LogP contribution in [0.4, 0.5) is 50.9 Å². The van der Waals surface area contributed by atoms with Crippen LogP contribution in [0.15, 0.2) is 48.5 Å². The molecule has 3 aromatic rings. The predicted molar refractivity (Wildman–Crippen MR) is 150 cm³/mol. The molecule has 2 amide bonds. The van der Waals surface area contributed by atoms with Crippen molar-refractivity contribution >= 4 is 63.8 Å². The molecule has 0 saturated heterocycles. The van der Waals surface area contributed by atoms with E-state index >= 15 is 4.39 Å². The fourth-order valence-corrected chi connectivity index (χ4v) is 5.68. The Hall–Kier alpha value is -3.49. The number of amides is 2. The van der Waals surface area contributed by atoms with Crippen LogP contribution in [-0.2, 0) is 22.2 Å². The molecule has 1 aliphatic carbocycles. The Labute approximate surface area is 269 Å². The van der Waals surface area contributed by atoms with Gasteiger partial charge in [0.2, 0.25) is 11.8 Å². The number of hydrogen-bond donors (Lipinski definition) is 2. The van der Waals surface area contributed by atoms with Gasteiger partial charge >= 0.3 is 12.4 Å². The summed E-state index contributed by atoms with van der Waals surface area (Å²) in [7, 11) is 0. The molecule has 17 heteroatoms. The van der Waals surface area contributed by atoms with Gasteiger partial charge in [0.25, 0.3) is 0 Å². The first-order valence-electron chi connectivity index (χ1n) is 12.9. The monoisotopic (exact) mass is 718 g/mol. The third kappa shape index (κ3) is 7.89. The largest absolute Gasteiger partial charge is 0.419 e. The van der Waals surface area contributed by atoms with Gasteiger partial charge in [-0.1, -0.05) is 23.7 Å². The Kier molecular flexibility index (Phi) is 9.96. The summed E-state index contributed by atoms with van der Waals surface area (Å²) in [5, 5.41) is 3.97. The Morgan fingerprint density at radius 1 is 0.848 bits per heavy atom. The molecule has 1 aliphatic rings. The van der Waals surface area contributed by atoms with E-state index in [9.17, 15) is 49.5 Å². The van der Waals surface area contributed by atoms with Gasteiger partial charge in [-0.3, -0.25) is 14.4 Å². The molecule has 1 saturated carbocycles. The van der Waals surface area contributed by atoms with Crippen LogP contribution in [0.3, 0.4) is 0 Å². The number of nitrogens with one attached hydrogen (secondary N) is 2. The van der Waals surface area contributed by atoms with E-state index in [1.165, 1.54) is 12.1 Å². The van der Waals surface area contributed by atoms with Gasteiger partial charge in [-0.15, -0.1) is 23.2 Å². The van der Waals surface area contributed by atoms with E-state index in [1.54, 1.807) is 5.32 Å². The molecule has 3 aromatic carbocycles. The van der Waals surface area contributed by atoms with Crippen LogP contribution >= 0.6 is 34.8 Å². The van der Waals surface area contributed by atoms with Crippen molar-refractivity contribution in [2.45, 2.75) is 41.9 Å². The molecule has 0 heterocycles. The number of benzene rings is 3. The minimum Gasteiger partial charge on any atom is -0.326 e. The number of anilines is 2. The van der Waals surface area contributed by atoms with Crippen LogP contribution < -0.4 is 10.6 Å². The smallest absolute Gasteiger partial charge is 0.326 e. The Morgan fingerprint density at radius 3 is 2.13 bits per heavy atom. The molecule has 5 nitrogen and oxygen atoms in total. The molecule has 2 atom stereocenters. The first-order chi connectivity index (χ1) is 21.2. The summed E-state index contributed by atoms with van der Waals surface area (Å²) in [5.74, 6) is -9.76. The van der Waals surface area contributed by atoms with Crippen molar-refractivity contribution in [2.75, 3.05) is 10.6 Å². The molecule has 0 aromatic heterocycles. The predicted octanol–water partition coefficient (Wildman–Crippen LogP) is 9.01. The van der Waals surface area contributed by atoms with Crippen molar-refractivity contribution < 1.29 is 53.9 Å². The molecule has 2 N–H and O–H groups in total. The zero-order valence-corrected chi connectivity index (χ0v) is 24.9. The normalized spacial score (nSPS) is 17.4. The second-order valence-electron chi connectivity index (χ2n) is 10.2. The van der Waals surface area contributed by atoms with Crippen LogP contribution in [0.5, 0.6) is 0 Å². The number of rotatable bonds is 9. The average Bonchev–Trinajstić information content (AvgIpc) is 3.53. The van der Waals surface area contributed by atoms with Gasteiger partial charge in [-0.05, 0) is 47.5 Å². The van der Waals surface area contributed by atoms with E-state index in [4.69, 9.17) is 34.8 Å². The van der Waals surface area contributed by atoms with Crippen LogP contribution in [0.25, 0.3) is 0 Å². The van der Waals surface area contributed by atoms with Crippen molar-refractivity contribution in [3.8, 4) is 0 Å². The molecule has 46 heavy (non-hydrogen) atoms. The minimum absolute atomic E-state index is 0.0557. The zero-order valence-electron chi connectivity index (χ0n) is 22.7. The van der Waals surface area contributed by atoms with Gasteiger partial charge in [0.1, 0.15) is 21.7 Å². The summed E-state index contributed by atoms with van der Waals surface area (Å²) < 4.78 is 118. The maximum Gasteiger partial charge on any atom is 0.419 e. The minimum atomic E-state index is -5.02. The van der Waals surface area contributed by atoms with Crippen LogP contribution in [0.1, 0.15) is 45.8 Å². The summed E-state index contributed by atoms with van der Waals surface area (Å²) in [6.07, 6.45) is -13.1. The number of hydrogen-bond acceptors (Lipinski definition) is 3. The highest BCUT2D eigenvalue weighted by Crippen LogP contribution is 2.65. The highest BCUT2D eigenvalue weighted by molar-refractivity contribution is 6.53. The van der Waals surface area contributed by atoms with E-state index in [2.05, 4.69) is 5.32 Å². The third-order valence-electron chi connectivity index (χ3n) is 6.95. The second-order valence-corrected chi connectivity index (χ2v) is 12.1. The molecule has 0 bridgehead atoms. The van der Waals surface area contributed by atoms with Gasteiger partial charge in [0, 0.05) is 30.0 Å². The van der Waals surface area contributed by atoms with Gasteiger partial charge in [-0.25, -0.2) is 13.2 Å². The summed E-state index contributed by atoms with van der Waals surface area (Å²) in [6, 6.07) is 7.18. The van der Waals surface area contributed by atoms with Crippen LogP contribution in [0, 0.1) is 23.4 Å². The number of alkyl halides is 8. The standard InChI is InChI=1S/C29H18Cl3F9N2O3/c30-17-4-3-14(42-26(46)23-22(28(23,31)32)12-1-5-18(33)16(9-12)29(39,40)41)11-15(17)20(44)10-13-2-6-19(34)25(24(13)35)43-21(45)7-8-27(36,37)38/h1-6,9,11,22-23H,7-8,10H2,(H,42,46)(H,43,45)/t22-,23+/m0/s1. The molecule has 0 radical (unpaired) electrons. The van der Waals surface area contributed by atoms with E-state index in [0.717, 1.165) is 18.2 Å². The Bertz CT molecular complexity index is 1710. The quantitative estimate of drug-likeness (QED) is 0.132. The van der Waals surface area contributed by atoms with Gasteiger partial charge in [-0.2, -0.15) is 26.3 Å². The van der Waals surface area contributed by atoms with E-state index < -0.39 is 99.6 Å². The lowest BCUT2D eigenvalue weighted by Gasteiger charge is -2.13. The lowest BCUT2D eigenvalue weighted by atomic mass is 10.0. The maximum atomic E-state index is 15.0. The van der Waals surface area contributed by atoms with Gasteiger partial charge in [0.05, 0.1) is 22.9 Å². The van der Waals surface area contributed by atoms with Crippen LogP contribution in [0.2, 0.25) is 5.02 Å². The number of ketones is 1. The number of Topliss-reactive ketones (excluding diaryl/α,β-unsaturated/α-hetero) is 1. The molecule has 1 fully saturated rings. The van der Waals surface area contributed by atoms with Crippen molar-refractivity contribution in [1.82, 2.24) is 0 Å². The summed E-state index contributed by atoms with van der Waals surface area (Å²) in [5.41, 5.74) is -3.55. The average molecular weight is 720 g/mol. The molecule has 4 rings (SSSR count). The molecule has 246 valence electrons. The summed E-state index contributed by atoms with van der Waals surface area (Å²) in [6.45, 7) is 0. The molecular formula is C29H18Cl3F9N2O3. The first kappa shape index (κ1) is 35.4. The second kappa shape index (κ2) is 13.0. The van der Waals surface area contributed by atoms with Crippen molar-refractivity contribution in [2.24, 2.45) is 5.92 Å².